The van der Waals surface area contributed by atoms with Crippen molar-refractivity contribution in [1.29, 1.82) is 0 Å². The monoisotopic (exact) mass is 496 g/mol. The molecule has 0 saturated heterocycles. The molecular formula is C25H17ClN8O2. The largest absolute Gasteiger partial charge is 0.360 e. The van der Waals surface area contributed by atoms with Crippen LogP contribution in [0.4, 0.5) is 5.82 Å². The van der Waals surface area contributed by atoms with E-state index in [0.717, 1.165) is 11.2 Å². The van der Waals surface area contributed by atoms with E-state index in [1.165, 1.54) is 17.2 Å². The summed E-state index contributed by atoms with van der Waals surface area (Å²) in [6, 6.07) is 16.2. The van der Waals surface area contributed by atoms with Gasteiger partial charge in [-0.25, -0.2) is 14.6 Å². The standard InChI is InChI=1S/C25H17ClN8O2/c1-14-9-21(31-25(36)22(35)18-11-27-20-8-3-2-7-17(18)20)34(32-14)24-19-12-30-33(23(19)28-13-29-24)16-6-4-5-15(26)10-16/h2-13,27H,1H3,(H,31,36). The summed E-state index contributed by atoms with van der Waals surface area (Å²) in [7, 11) is 0. The lowest BCUT2D eigenvalue weighted by atomic mass is 10.1. The van der Waals surface area contributed by atoms with Crippen molar-refractivity contribution >= 4 is 51.0 Å². The molecule has 6 rings (SSSR count). The first kappa shape index (κ1) is 21.7. The van der Waals surface area contributed by atoms with Crippen molar-refractivity contribution in [2.24, 2.45) is 0 Å². The minimum atomic E-state index is -0.791. The Hall–Kier alpha value is -4.83. The number of carbonyl (C=O) groups is 2. The second kappa shape index (κ2) is 8.43. The predicted octanol–water partition coefficient (Wildman–Crippen LogP) is 4.27. The molecular weight excluding hydrogens is 480 g/mol. The summed E-state index contributed by atoms with van der Waals surface area (Å²) in [4.78, 5) is 37.7. The maximum absolute atomic E-state index is 13.0. The van der Waals surface area contributed by atoms with Crippen LogP contribution in [0.15, 0.2) is 73.3 Å². The van der Waals surface area contributed by atoms with Gasteiger partial charge in [-0.3, -0.25) is 9.59 Å². The zero-order chi connectivity index (χ0) is 24.8. The molecule has 0 aliphatic carbocycles. The first-order valence-electron chi connectivity index (χ1n) is 10.9. The number of amides is 1. The van der Waals surface area contributed by atoms with E-state index in [2.05, 4.69) is 30.5 Å². The molecule has 0 saturated carbocycles. The number of nitrogens with zero attached hydrogens (tertiary/aromatic N) is 6. The van der Waals surface area contributed by atoms with Crippen LogP contribution >= 0.6 is 11.6 Å². The quantitative estimate of drug-likeness (QED) is 0.271. The van der Waals surface area contributed by atoms with Crippen LogP contribution in [0.25, 0.3) is 33.4 Å². The van der Waals surface area contributed by atoms with Crippen molar-refractivity contribution in [3.8, 4) is 11.5 Å². The molecule has 4 aromatic heterocycles. The number of para-hydroxylation sites is 1. The highest BCUT2D eigenvalue weighted by Crippen LogP contribution is 2.25. The number of fused-ring (bicyclic) bond motifs is 2. The highest BCUT2D eigenvalue weighted by molar-refractivity contribution is 6.48. The lowest BCUT2D eigenvalue weighted by molar-refractivity contribution is -0.112. The summed E-state index contributed by atoms with van der Waals surface area (Å²) in [5, 5.41) is 13.5. The van der Waals surface area contributed by atoms with Gasteiger partial charge in [0, 0.05) is 28.2 Å². The Kier molecular flexibility index (Phi) is 5.08. The molecule has 176 valence electrons. The number of aromatic nitrogens is 7. The van der Waals surface area contributed by atoms with Crippen LogP contribution in [0, 0.1) is 6.92 Å². The van der Waals surface area contributed by atoms with Crippen LogP contribution in [0.2, 0.25) is 5.02 Å². The zero-order valence-corrected chi connectivity index (χ0v) is 19.6. The molecule has 2 N–H and O–H groups in total. The first-order valence-corrected chi connectivity index (χ1v) is 11.3. The summed E-state index contributed by atoms with van der Waals surface area (Å²) in [5.41, 5.74) is 2.95. The van der Waals surface area contributed by atoms with Gasteiger partial charge in [-0.2, -0.15) is 14.9 Å². The second-order valence-electron chi connectivity index (χ2n) is 8.08. The third-order valence-electron chi connectivity index (χ3n) is 5.71. The van der Waals surface area contributed by atoms with Gasteiger partial charge < -0.3 is 10.3 Å². The molecule has 2 aromatic carbocycles. The topological polar surface area (TPSA) is 123 Å². The second-order valence-corrected chi connectivity index (χ2v) is 8.52. The molecule has 0 aliphatic heterocycles. The maximum Gasteiger partial charge on any atom is 0.298 e. The fraction of sp³-hybridized carbons (Fsp3) is 0.0400. The molecule has 36 heavy (non-hydrogen) atoms. The van der Waals surface area contributed by atoms with E-state index in [9.17, 15) is 9.59 Å². The third-order valence-corrected chi connectivity index (χ3v) is 5.95. The first-order chi connectivity index (χ1) is 17.5. The number of hydrogen-bond donors (Lipinski definition) is 2. The Labute approximate surface area is 208 Å². The number of anilines is 1. The van der Waals surface area contributed by atoms with Gasteiger partial charge in [-0.1, -0.05) is 35.9 Å². The number of ketones is 1. The minimum Gasteiger partial charge on any atom is -0.360 e. The van der Waals surface area contributed by atoms with Crippen LogP contribution in [0.3, 0.4) is 0 Å². The smallest absolute Gasteiger partial charge is 0.298 e. The van der Waals surface area contributed by atoms with Crippen molar-refractivity contribution in [3.05, 3.63) is 89.6 Å². The number of rotatable bonds is 5. The van der Waals surface area contributed by atoms with Gasteiger partial charge in [-0.05, 0) is 31.2 Å². The molecule has 4 heterocycles. The van der Waals surface area contributed by atoms with Gasteiger partial charge in [0.2, 0.25) is 0 Å². The lowest BCUT2D eigenvalue weighted by Crippen LogP contribution is -2.24. The van der Waals surface area contributed by atoms with Crippen molar-refractivity contribution in [1.82, 2.24) is 34.5 Å². The van der Waals surface area contributed by atoms with E-state index in [1.807, 2.05) is 30.3 Å². The molecule has 0 spiro atoms. The third kappa shape index (κ3) is 3.60. The Morgan fingerprint density at radius 3 is 2.72 bits per heavy atom. The number of hydrogen-bond acceptors (Lipinski definition) is 6. The molecule has 0 bridgehead atoms. The predicted molar refractivity (Wildman–Crippen MR) is 135 cm³/mol. The number of aromatic amines is 1. The van der Waals surface area contributed by atoms with Crippen LogP contribution < -0.4 is 5.32 Å². The van der Waals surface area contributed by atoms with E-state index in [4.69, 9.17) is 11.6 Å². The summed E-state index contributed by atoms with van der Waals surface area (Å²) in [6.45, 7) is 1.78. The van der Waals surface area contributed by atoms with Crippen LogP contribution in [-0.2, 0) is 4.79 Å². The molecule has 0 aliphatic rings. The average Bonchev–Trinajstić information content (AvgIpc) is 3.60. The number of H-pyrrole nitrogens is 1. The van der Waals surface area contributed by atoms with Gasteiger partial charge in [0.1, 0.15) is 12.1 Å². The van der Waals surface area contributed by atoms with Crippen LogP contribution in [0.5, 0.6) is 0 Å². The number of benzene rings is 2. The molecule has 0 atom stereocenters. The Morgan fingerprint density at radius 2 is 1.86 bits per heavy atom. The van der Waals surface area contributed by atoms with E-state index in [1.54, 1.807) is 42.1 Å². The molecule has 0 unspecified atom stereocenters. The zero-order valence-electron chi connectivity index (χ0n) is 18.8. The fourth-order valence-corrected chi connectivity index (χ4v) is 4.29. The van der Waals surface area contributed by atoms with Gasteiger partial charge in [-0.15, -0.1) is 0 Å². The van der Waals surface area contributed by atoms with Crippen molar-refractivity contribution < 1.29 is 9.59 Å². The van der Waals surface area contributed by atoms with Crippen molar-refractivity contribution in [2.45, 2.75) is 6.92 Å². The normalized spacial score (nSPS) is 11.3. The lowest BCUT2D eigenvalue weighted by Gasteiger charge is -2.09. The Balaban J connectivity index is 1.37. The van der Waals surface area contributed by atoms with Crippen molar-refractivity contribution in [3.63, 3.8) is 0 Å². The Bertz CT molecular complexity index is 1800. The van der Waals surface area contributed by atoms with Gasteiger partial charge in [0.15, 0.2) is 11.5 Å². The number of carbonyl (C=O) groups excluding carboxylic acids is 2. The maximum atomic E-state index is 13.0. The summed E-state index contributed by atoms with van der Waals surface area (Å²) >= 11 is 6.15. The molecule has 1 amide bonds. The average molecular weight is 497 g/mol. The van der Waals surface area contributed by atoms with E-state index in [0.29, 0.717) is 38.8 Å². The fourth-order valence-electron chi connectivity index (χ4n) is 4.10. The van der Waals surface area contributed by atoms with Crippen molar-refractivity contribution in [2.75, 3.05) is 5.32 Å². The van der Waals surface area contributed by atoms with Gasteiger partial charge in [0.25, 0.3) is 11.7 Å². The molecule has 10 nitrogen and oxygen atoms in total. The summed E-state index contributed by atoms with van der Waals surface area (Å²) in [5.74, 6) is -0.766. The minimum absolute atomic E-state index is 0.290. The Morgan fingerprint density at radius 1 is 1.00 bits per heavy atom. The number of Topliss-reactive ketones (excluding diaryl/α,β-unsaturated/α-hetero) is 1. The van der Waals surface area contributed by atoms with Gasteiger partial charge >= 0.3 is 0 Å². The molecule has 0 radical (unpaired) electrons. The summed E-state index contributed by atoms with van der Waals surface area (Å²) in [6.07, 6.45) is 4.54. The van der Waals surface area contributed by atoms with Gasteiger partial charge in [0.05, 0.1) is 28.5 Å². The highest BCUT2D eigenvalue weighted by Gasteiger charge is 2.23. The number of aryl methyl sites for hydroxylation is 1. The van der Waals surface area contributed by atoms with Crippen LogP contribution in [0.1, 0.15) is 16.1 Å². The number of halogens is 1. The highest BCUT2D eigenvalue weighted by atomic mass is 35.5. The molecule has 11 heteroatoms. The SMILES string of the molecule is Cc1cc(NC(=O)C(=O)c2c[nH]c3ccccc23)n(-c2ncnc3c2cnn3-c2cccc(Cl)c2)n1. The van der Waals surface area contributed by atoms with Crippen LogP contribution in [-0.4, -0.2) is 46.2 Å². The van der Waals surface area contributed by atoms with E-state index in [-0.39, 0.29) is 5.56 Å². The van der Waals surface area contributed by atoms with E-state index >= 15 is 0 Å². The number of nitrogens with one attached hydrogen (secondary N) is 2. The van der Waals surface area contributed by atoms with E-state index < -0.39 is 11.7 Å². The molecule has 6 aromatic rings. The summed E-state index contributed by atoms with van der Waals surface area (Å²) < 4.78 is 3.10. The molecule has 0 fully saturated rings.